The molecule has 0 unspecified atom stereocenters. The van der Waals surface area contributed by atoms with Crippen LogP contribution in [0.4, 0.5) is 5.13 Å². The quantitative estimate of drug-likeness (QED) is 0.932. The highest BCUT2D eigenvalue weighted by Gasteiger charge is 2.51. The molecule has 0 atom stereocenters. The Balaban J connectivity index is 1.80. The predicted molar refractivity (Wildman–Crippen MR) is 74.6 cm³/mol. The number of carbonyl (C=O) groups excluding carboxylic acids is 1. The van der Waals surface area contributed by atoms with E-state index in [1.54, 1.807) is 13.3 Å². The number of aromatic nitrogens is 1. The van der Waals surface area contributed by atoms with E-state index in [4.69, 9.17) is 4.74 Å². The van der Waals surface area contributed by atoms with Crippen molar-refractivity contribution in [2.45, 2.75) is 18.3 Å². The van der Waals surface area contributed by atoms with Gasteiger partial charge in [0.2, 0.25) is 5.91 Å². The van der Waals surface area contributed by atoms with E-state index in [2.05, 4.69) is 10.3 Å². The fraction of sp³-hybridized carbons (Fsp3) is 0.286. The molecule has 0 aliphatic heterocycles. The summed E-state index contributed by atoms with van der Waals surface area (Å²) in [6.07, 6.45) is 3.46. The molecule has 2 aromatic rings. The first-order chi connectivity index (χ1) is 9.24. The van der Waals surface area contributed by atoms with E-state index >= 15 is 0 Å². The zero-order chi connectivity index (χ0) is 13.3. The monoisotopic (exact) mass is 274 g/mol. The van der Waals surface area contributed by atoms with Crippen molar-refractivity contribution in [2.75, 3.05) is 12.4 Å². The second-order valence-electron chi connectivity index (χ2n) is 4.60. The minimum Gasteiger partial charge on any atom is -0.497 e. The average molecular weight is 274 g/mol. The summed E-state index contributed by atoms with van der Waals surface area (Å²) in [6, 6.07) is 7.72. The van der Waals surface area contributed by atoms with Gasteiger partial charge in [-0.2, -0.15) is 0 Å². The van der Waals surface area contributed by atoms with Crippen LogP contribution in [0.5, 0.6) is 5.75 Å². The van der Waals surface area contributed by atoms with Gasteiger partial charge < -0.3 is 10.1 Å². The first-order valence-corrected chi connectivity index (χ1v) is 6.98. The molecule has 4 nitrogen and oxygen atoms in total. The number of hydrogen-bond acceptors (Lipinski definition) is 4. The number of thiazole rings is 1. The molecule has 0 bridgehead atoms. The Labute approximate surface area is 115 Å². The highest BCUT2D eigenvalue weighted by Crippen LogP contribution is 2.49. The molecule has 1 heterocycles. The molecule has 1 aromatic heterocycles. The van der Waals surface area contributed by atoms with Crippen molar-refractivity contribution in [1.29, 1.82) is 0 Å². The van der Waals surface area contributed by atoms with Crippen LogP contribution in [0.3, 0.4) is 0 Å². The topological polar surface area (TPSA) is 51.2 Å². The number of ether oxygens (including phenoxy) is 1. The van der Waals surface area contributed by atoms with Crippen molar-refractivity contribution in [1.82, 2.24) is 4.98 Å². The van der Waals surface area contributed by atoms with Gasteiger partial charge in [0.05, 0.1) is 12.5 Å². The average Bonchev–Trinajstić information content (AvgIpc) is 3.11. The van der Waals surface area contributed by atoms with Crippen LogP contribution in [-0.4, -0.2) is 18.0 Å². The second-order valence-corrected chi connectivity index (χ2v) is 5.50. The fourth-order valence-corrected chi connectivity index (χ4v) is 2.71. The zero-order valence-electron chi connectivity index (χ0n) is 10.6. The molecule has 5 heteroatoms. The van der Waals surface area contributed by atoms with Gasteiger partial charge in [0.15, 0.2) is 5.13 Å². The van der Waals surface area contributed by atoms with Gasteiger partial charge in [-0.05, 0) is 30.5 Å². The number of carbonyl (C=O) groups is 1. The molecule has 98 valence electrons. The Morgan fingerprint density at radius 2 is 2.11 bits per heavy atom. The Kier molecular flexibility index (Phi) is 2.98. The second kappa shape index (κ2) is 4.66. The molecule has 3 rings (SSSR count). The van der Waals surface area contributed by atoms with Crippen molar-refractivity contribution in [2.24, 2.45) is 0 Å². The summed E-state index contributed by atoms with van der Waals surface area (Å²) >= 11 is 1.43. The van der Waals surface area contributed by atoms with Gasteiger partial charge in [0, 0.05) is 11.6 Å². The Morgan fingerprint density at radius 3 is 2.63 bits per heavy atom. The summed E-state index contributed by atoms with van der Waals surface area (Å²) in [5.74, 6) is 0.840. The number of amides is 1. The van der Waals surface area contributed by atoms with Crippen LogP contribution >= 0.6 is 11.3 Å². The van der Waals surface area contributed by atoms with Gasteiger partial charge in [0.25, 0.3) is 0 Å². The van der Waals surface area contributed by atoms with E-state index in [0.717, 1.165) is 24.2 Å². The summed E-state index contributed by atoms with van der Waals surface area (Å²) in [5, 5.41) is 5.40. The summed E-state index contributed by atoms with van der Waals surface area (Å²) in [7, 11) is 1.64. The van der Waals surface area contributed by atoms with Gasteiger partial charge in [0.1, 0.15) is 5.75 Å². The van der Waals surface area contributed by atoms with E-state index in [-0.39, 0.29) is 11.3 Å². The van der Waals surface area contributed by atoms with Crippen molar-refractivity contribution >= 4 is 22.4 Å². The molecule has 1 aliphatic rings. The first-order valence-electron chi connectivity index (χ1n) is 6.10. The lowest BCUT2D eigenvalue weighted by molar-refractivity contribution is -0.118. The highest BCUT2D eigenvalue weighted by molar-refractivity contribution is 7.13. The molecule has 1 N–H and O–H groups in total. The molecule has 0 radical (unpaired) electrons. The Bertz CT molecular complexity index is 574. The van der Waals surface area contributed by atoms with Crippen molar-refractivity contribution in [3.8, 4) is 5.75 Å². The number of anilines is 1. The minimum atomic E-state index is -0.377. The SMILES string of the molecule is COc1ccc(C2(C(=O)Nc3nccs3)CC2)cc1. The molecule has 1 fully saturated rings. The maximum absolute atomic E-state index is 12.4. The summed E-state index contributed by atoms with van der Waals surface area (Å²) in [5.41, 5.74) is 0.667. The third-order valence-electron chi connectivity index (χ3n) is 3.48. The van der Waals surface area contributed by atoms with Crippen molar-refractivity contribution in [3.63, 3.8) is 0 Å². The molecule has 1 aromatic carbocycles. The van der Waals surface area contributed by atoms with Crippen LogP contribution in [-0.2, 0) is 10.2 Å². The van der Waals surface area contributed by atoms with Gasteiger partial charge in [-0.1, -0.05) is 12.1 Å². The predicted octanol–water partition coefficient (Wildman–Crippen LogP) is 2.82. The van der Waals surface area contributed by atoms with Crippen LogP contribution in [0, 0.1) is 0 Å². The molecule has 1 saturated carbocycles. The molecular formula is C14H14N2O2S. The van der Waals surface area contributed by atoms with Gasteiger partial charge in [-0.3, -0.25) is 4.79 Å². The third-order valence-corrected chi connectivity index (χ3v) is 4.17. The van der Waals surface area contributed by atoms with Gasteiger partial charge in [-0.15, -0.1) is 11.3 Å². The lowest BCUT2D eigenvalue weighted by Crippen LogP contribution is -2.27. The number of methoxy groups -OCH3 is 1. The minimum absolute atomic E-state index is 0.0348. The van der Waals surface area contributed by atoms with E-state index < -0.39 is 0 Å². The van der Waals surface area contributed by atoms with Gasteiger partial charge in [-0.25, -0.2) is 4.98 Å². The van der Waals surface area contributed by atoms with Gasteiger partial charge >= 0.3 is 0 Å². The zero-order valence-corrected chi connectivity index (χ0v) is 11.4. The normalized spacial score (nSPS) is 15.8. The molecule has 1 aliphatic carbocycles. The number of benzene rings is 1. The van der Waals surface area contributed by atoms with E-state index in [1.165, 1.54) is 11.3 Å². The van der Waals surface area contributed by atoms with Crippen molar-refractivity contribution < 1.29 is 9.53 Å². The van der Waals surface area contributed by atoms with E-state index in [9.17, 15) is 4.79 Å². The fourth-order valence-electron chi connectivity index (χ4n) is 2.18. The lowest BCUT2D eigenvalue weighted by Gasteiger charge is -2.15. The number of hydrogen-bond donors (Lipinski definition) is 1. The summed E-state index contributed by atoms with van der Waals surface area (Å²) in [4.78, 5) is 16.5. The molecule has 0 spiro atoms. The highest BCUT2D eigenvalue weighted by atomic mass is 32.1. The Morgan fingerprint density at radius 1 is 1.37 bits per heavy atom. The molecule has 19 heavy (non-hydrogen) atoms. The van der Waals surface area contributed by atoms with Crippen LogP contribution in [0.2, 0.25) is 0 Å². The van der Waals surface area contributed by atoms with Crippen LogP contribution in [0.15, 0.2) is 35.8 Å². The van der Waals surface area contributed by atoms with E-state index in [0.29, 0.717) is 5.13 Å². The molecule has 1 amide bonds. The smallest absolute Gasteiger partial charge is 0.236 e. The van der Waals surface area contributed by atoms with E-state index in [1.807, 2.05) is 29.6 Å². The maximum atomic E-state index is 12.4. The number of rotatable bonds is 4. The maximum Gasteiger partial charge on any atom is 0.236 e. The van der Waals surface area contributed by atoms with Crippen LogP contribution in [0.1, 0.15) is 18.4 Å². The molecular weight excluding hydrogens is 260 g/mol. The third kappa shape index (κ3) is 2.21. The largest absolute Gasteiger partial charge is 0.497 e. The standard InChI is InChI=1S/C14H14N2O2S/c1-18-11-4-2-10(3-5-11)14(6-7-14)12(17)16-13-15-8-9-19-13/h2-5,8-9H,6-7H2,1H3,(H,15,16,17). The summed E-state index contributed by atoms with van der Waals surface area (Å²) in [6.45, 7) is 0. The van der Waals surface area contributed by atoms with Crippen LogP contribution in [0.25, 0.3) is 0 Å². The Hall–Kier alpha value is -1.88. The number of nitrogens with one attached hydrogen (secondary N) is 1. The number of nitrogens with zero attached hydrogens (tertiary/aromatic N) is 1. The van der Waals surface area contributed by atoms with Crippen molar-refractivity contribution in [3.05, 3.63) is 41.4 Å². The molecule has 0 saturated heterocycles. The summed E-state index contributed by atoms with van der Waals surface area (Å²) < 4.78 is 5.14. The lowest BCUT2D eigenvalue weighted by atomic mass is 9.95. The first kappa shape index (κ1) is 12.2. The van der Waals surface area contributed by atoms with Crippen LogP contribution < -0.4 is 10.1 Å².